The van der Waals surface area contributed by atoms with Gasteiger partial charge in [-0.3, -0.25) is 4.79 Å². The molecule has 0 bridgehead atoms. The maximum absolute atomic E-state index is 13.3. The summed E-state index contributed by atoms with van der Waals surface area (Å²) in [6, 6.07) is 4.83. The Kier molecular flexibility index (Phi) is 4.51. The van der Waals surface area contributed by atoms with E-state index in [1.54, 1.807) is 0 Å². The van der Waals surface area contributed by atoms with Gasteiger partial charge in [0, 0.05) is 41.7 Å². The van der Waals surface area contributed by atoms with E-state index in [9.17, 15) is 9.18 Å². The Morgan fingerprint density at radius 3 is 2.78 bits per heavy atom. The first-order valence-electron chi connectivity index (χ1n) is 8.38. The Morgan fingerprint density at radius 2 is 2.13 bits per heavy atom. The summed E-state index contributed by atoms with van der Waals surface area (Å²) in [4.78, 5) is 17.5. The van der Waals surface area contributed by atoms with Crippen molar-refractivity contribution in [1.82, 2.24) is 9.88 Å². The molecule has 1 aromatic carbocycles. The second-order valence-electron chi connectivity index (χ2n) is 6.17. The van der Waals surface area contributed by atoms with E-state index < -0.39 is 0 Å². The molecule has 2 aromatic rings. The van der Waals surface area contributed by atoms with Crippen molar-refractivity contribution in [1.29, 1.82) is 0 Å². The number of carbonyl (C=O) groups is 1. The number of rotatable bonds is 4. The number of hydrogen-bond acceptors (Lipinski definition) is 1. The average Bonchev–Trinajstić information content (AvgIpc) is 2.99. The van der Waals surface area contributed by atoms with Crippen LogP contribution in [0.15, 0.2) is 30.5 Å². The van der Waals surface area contributed by atoms with Crippen LogP contribution in [0.2, 0.25) is 0 Å². The number of fused-ring (bicyclic) bond motifs is 1. The van der Waals surface area contributed by atoms with Gasteiger partial charge in [0.25, 0.3) is 0 Å². The van der Waals surface area contributed by atoms with Crippen LogP contribution in [-0.2, 0) is 4.79 Å². The SMILES string of the molecule is CCC(CC)C(=O)N1CC=C(c2c[nH]c3cc(F)ccc23)CC1. The van der Waals surface area contributed by atoms with E-state index in [1.807, 2.05) is 17.2 Å². The highest BCUT2D eigenvalue weighted by molar-refractivity contribution is 5.93. The molecule has 0 radical (unpaired) electrons. The molecule has 4 heteroatoms. The van der Waals surface area contributed by atoms with E-state index in [-0.39, 0.29) is 17.6 Å². The summed E-state index contributed by atoms with van der Waals surface area (Å²) in [6.07, 6.45) is 6.72. The Labute approximate surface area is 136 Å². The molecular formula is C19H23FN2O. The van der Waals surface area contributed by atoms with Crippen molar-refractivity contribution >= 4 is 22.4 Å². The fraction of sp³-hybridized carbons (Fsp3) is 0.421. The third-order valence-corrected chi connectivity index (χ3v) is 4.85. The lowest BCUT2D eigenvalue weighted by Gasteiger charge is -2.29. The summed E-state index contributed by atoms with van der Waals surface area (Å²) in [6.45, 7) is 5.57. The zero-order valence-electron chi connectivity index (χ0n) is 13.7. The number of H-pyrrole nitrogens is 1. The van der Waals surface area contributed by atoms with Gasteiger partial charge in [0.15, 0.2) is 0 Å². The molecule has 0 fully saturated rings. The van der Waals surface area contributed by atoms with Crippen molar-refractivity contribution in [2.75, 3.05) is 13.1 Å². The summed E-state index contributed by atoms with van der Waals surface area (Å²) in [5, 5.41) is 1.04. The molecule has 2 heterocycles. The van der Waals surface area contributed by atoms with Crippen LogP contribution in [0.5, 0.6) is 0 Å². The molecule has 0 unspecified atom stereocenters. The number of benzene rings is 1. The van der Waals surface area contributed by atoms with E-state index in [4.69, 9.17) is 0 Å². The Hall–Kier alpha value is -2.10. The molecule has 0 atom stereocenters. The monoisotopic (exact) mass is 314 g/mol. The smallest absolute Gasteiger partial charge is 0.225 e. The quantitative estimate of drug-likeness (QED) is 0.894. The Morgan fingerprint density at radius 1 is 1.35 bits per heavy atom. The molecular weight excluding hydrogens is 291 g/mol. The summed E-state index contributed by atoms with van der Waals surface area (Å²) >= 11 is 0. The summed E-state index contributed by atoms with van der Waals surface area (Å²) in [5.41, 5.74) is 3.17. The number of carbonyl (C=O) groups excluding carboxylic acids is 1. The second-order valence-corrected chi connectivity index (χ2v) is 6.17. The molecule has 3 rings (SSSR count). The van der Waals surface area contributed by atoms with Gasteiger partial charge >= 0.3 is 0 Å². The fourth-order valence-corrected chi connectivity index (χ4v) is 3.37. The Bertz CT molecular complexity index is 743. The van der Waals surface area contributed by atoms with E-state index in [0.29, 0.717) is 6.54 Å². The minimum Gasteiger partial charge on any atom is -0.360 e. The largest absolute Gasteiger partial charge is 0.360 e. The van der Waals surface area contributed by atoms with Gasteiger partial charge < -0.3 is 9.88 Å². The third kappa shape index (κ3) is 3.03. The van der Waals surface area contributed by atoms with Crippen molar-refractivity contribution in [3.8, 4) is 0 Å². The Balaban J connectivity index is 1.79. The molecule has 1 aliphatic heterocycles. The summed E-state index contributed by atoms with van der Waals surface area (Å²) in [5.74, 6) is 0.179. The van der Waals surface area contributed by atoms with E-state index in [2.05, 4.69) is 24.9 Å². The maximum atomic E-state index is 13.3. The average molecular weight is 314 g/mol. The van der Waals surface area contributed by atoms with Crippen LogP contribution in [0.1, 0.15) is 38.7 Å². The molecule has 1 aromatic heterocycles. The maximum Gasteiger partial charge on any atom is 0.225 e. The highest BCUT2D eigenvalue weighted by atomic mass is 19.1. The number of nitrogens with zero attached hydrogens (tertiary/aromatic N) is 1. The van der Waals surface area contributed by atoms with Gasteiger partial charge in [-0.05, 0) is 43.0 Å². The molecule has 0 saturated heterocycles. The van der Waals surface area contributed by atoms with Crippen molar-refractivity contribution in [2.24, 2.45) is 5.92 Å². The van der Waals surface area contributed by atoms with Gasteiger partial charge in [-0.15, -0.1) is 0 Å². The fourth-order valence-electron chi connectivity index (χ4n) is 3.37. The molecule has 23 heavy (non-hydrogen) atoms. The summed E-state index contributed by atoms with van der Waals surface area (Å²) in [7, 11) is 0. The van der Waals surface area contributed by atoms with Crippen LogP contribution in [-0.4, -0.2) is 28.9 Å². The standard InChI is InChI=1S/C19H23FN2O/c1-3-13(4-2)19(23)22-9-7-14(8-10-22)17-12-21-18-11-15(20)5-6-16(17)18/h5-7,11-13,21H,3-4,8-10H2,1-2H3. The van der Waals surface area contributed by atoms with Crippen molar-refractivity contribution < 1.29 is 9.18 Å². The first-order valence-corrected chi connectivity index (χ1v) is 8.38. The first kappa shape index (κ1) is 15.8. The zero-order chi connectivity index (χ0) is 16.4. The van der Waals surface area contributed by atoms with E-state index in [1.165, 1.54) is 17.7 Å². The molecule has 1 N–H and O–H groups in total. The summed E-state index contributed by atoms with van der Waals surface area (Å²) < 4.78 is 13.3. The molecule has 3 nitrogen and oxygen atoms in total. The topological polar surface area (TPSA) is 36.1 Å². The number of nitrogens with one attached hydrogen (secondary N) is 1. The lowest BCUT2D eigenvalue weighted by molar-refractivity contribution is -0.135. The molecule has 0 spiro atoms. The van der Waals surface area contributed by atoms with Crippen LogP contribution >= 0.6 is 0 Å². The van der Waals surface area contributed by atoms with Crippen molar-refractivity contribution in [2.45, 2.75) is 33.1 Å². The molecule has 1 amide bonds. The number of halogens is 1. The molecule has 1 aliphatic rings. The van der Waals surface area contributed by atoms with Gasteiger partial charge in [0.2, 0.25) is 5.91 Å². The zero-order valence-corrected chi connectivity index (χ0v) is 13.7. The predicted molar refractivity (Wildman–Crippen MR) is 91.5 cm³/mol. The van der Waals surface area contributed by atoms with Crippen molar-refractivity contribution in [3.63, 3.8) is 0 Å². The lowest BCUT2D eigenvalue weighted by atomic mass is 9.96. The van der Waals surface area contributed by atoms with E-state index >= 15 is 0 Å². The van der Waals surface area contributed by atoms with Gasteiger partial charge in [-0.1, -0.05) is 19.9 Å². The van der Waals surface area contributed by atoms with Crippen molar-refractivity contribution in [3.05, 3.63) is 41.9 Å². The normalized spacial score (nSPS) is 15.3. The van der Waals surface area contributed by atoms with Gasteiger partial charge in [0.05, 0.1) is 0 Å². The number of aromatic nitrogens is 1. The number of aromatic amines is 1. The first-order chi connectivity index (χ1) is 11.1. The van der Waals surface area contributed by atoms with Crippen LogP contribution in [0.25, 0.3) is 16.5 Å². The number of amides is 1. The minimum atomic E-state index is -0.231. The predicted octanol–water partition coefficient (Wildman–Crippen LogP) is 4.36. The van der Waals surface area contributed by atoms with Crippen LogP contribution < -0.4 is 0 Å². The van der Waals surface area contributed by atoms with Crippen LogP contribution in [0.3, 0.4) is 0 Å². The van der Waals surface area contributed by atoms with E-state index in [0.717, 1.165) is 42.3 Å². The van der Waals surface area contributed by atoms with Gasteiger partial charge in [-0.25, -0.2) is 4.39 Å². The number of hydrogen-bond donors (Lipinski definition) is 1. The second kappa shape index (κ2) is 6.57. The molecule has 0 saturated carbocycles. The molecule has 0 aliphatic carbocycles. The molecule has 122 valence electrons. The minimum absolute atomic E-state index is 0.140. The highest BCUT2D eigenvalue weighted by Gasteiger charge is 2.24. The lowest BCUT2D eigenvalue weighted by Crippen LogP contribution is -2.38. The highest BCUT2D eigenvalue weighted by Crippen LogP contribution is 2.30. The van der Waals surface area contributed by atoms with Crippen LogP contribution in [0, 0.1) is 11.7 Å². The van der Waals surface area contributed by atoms with Gasteiger partial charge in [-0.2, -0.15) is 0 Å². The van der Waals surface area contributed by atoms with Gasteiger partial charge in [0.1, 0.15) is 5.82 Å². The van der Waals surface area contributed by atoms with Crippen LogP contribution in [0.4, 0.5) is 4.39 Å². The third-order valence-electron chi connectivity index (χ3n) is 4.85.